The van der Waals surface area contributed by atoms with Crippen molar-refractivity contribution in [3.63, 3.8) is 0 Å². The molecule has 5 nitrogen and oxygen atoms in total. The maximum atomic E-state index is 11.7. The first kappa shape index (κ1) is 10.1. The molecule has 0 bridgehead atoms. The number of hydrogen-bond donors (Lipinski definition) is 1. The van der Waals surface area contributed by atoms with Gasteiger partial charge in [0.15, 0.2) is 0 Å². The third kappa shape index (κ3) is 2.23. The molecule has 1 aliphatic heterocycles. The van der Waals surface area contributed by atoms with Crippen LogP contribution in [-0.2, 0) is 14.3 Å². The van der Waals surface area contributed by atoms with Crippen molar-refractivity contribution < 1.29 is 25.8 Å². The lowest BCUT2D eigenvalue weighted by atomic mass is 10.5. The van der Waals surface area contributed by atoms with Crippen LogP contribution in [0.5, 0.6) is 0 Å². The summed E-state index contributed by atoms with van der Waals surface area (Å²) in [7, 11) is -5.55. The summed E-state index contributed by atoms with van der Waals surface area (Å²) in [5.74, 6) is -0.475. The van der Waals surface area contributed by atoms with Gasteiger partial charge in [0.05, 0.1) is 0 Å². The lowest BCUT2D eigenvalue weighted by Gasteiger charge is -2.07. The fourth-order valence-corrected chi connectivity index (χ4v) is 1.07. The molecule has 0 amide bonds. The van der Waals surface area contributed by atoms with Gasteiger partial charge in [0.25, 0.3) is 0 Å². The van der Waals surface area contributed by atoms with E-state index in [0.717, 1.165) is 0 Å². The molecule has 1 heterocycles. The Balaban J connectivity index is 2.73. The second-order valence-corrected chi connectivity index (χ2v) is 3.68. The van der Waals surface area contributed by atoms with Crippen LogP contribution in [0.1, 0.15) is 6.42 Å². The van der Waals surface area contributed by atoms with Gasteiger partial charge in [-0.15, -0.1) is 5.10 Å². The van der Waals surface area contributed by atoms with Crippen LogP contribution in [0, 0.1) is 0 Å². The summed E-state index contributed by atoms with van der Waals surface area (Å²) in [6.07, 6.45) is 0.0231. The largest absolute Gasteiger partial charge is 0.534 e. The van der Waals surface area contributed by atoms with Gasteiger partial charge in [-0.3, -0.25) is 0 Å². The number of nitrogens with one attached hydrogen (secondary N) is 1. The van der Waals surface area contributed by atoms with E-state index in [1.807, 2.05) is 0 Å². The zero-order valence-electron chi connectivity index (χ0n) is 6.13. The topological polar surface area (TPSA) is 67.8 Å². The summed E-state index contributed by atoms with van der Waals surface area (Å²) < 4.78 is 59.5. The molecule has 0 aromatic heterocycles. The van der Waals surface area contributed by atoms with Crippen molar-refractivity contribution in [3.05, 3.63) is 0 Å². The Bertz CT molecular complexity index is 320. The van der Waals surface area contributed by atoms with E-state index in [4.69, 9.17) is 0 Å². The molecular formula is C4H5F3N2O3S. The van der Waals surface area contributed by atoms with Crippen molar-refractivity contribution in [2.75, 3.05) is 6.54 Å². The highest BCUT2D eigenvalue weighted by Gasteiger charge is 2.49. The molecule has 0 aliphatic carbocycles. The van der Waals surface area contributed by atoms with Crippen LogP contribution in [0.25, 0.3) is 0 Å². The van der Waals surface area contributed by atoms with Crippen LogP contribution < -0.4 is 5.43 Å². The van der Waals surface area contributed by atoms with Gasteiger partial charge in [0.1, 0.15) is 0 Å². The molecule has 0 aromatic carbocycles. The Morgan fingerprint density at radius 3 is 2.46 bits per heavy atom. The number of alkyl halides is 3. The van der Waals surface area contributed by atoms with Crippen LogP contribution in [-0.4, -0.2) is 26.4 Å². The van der Waals surface area contributed by atoms with E-state index < -0.39 is 21.5 Å². The van der Waals surface area contributed by atoms with E-state index in [1.54, 1.807) is 0 Å². The van der Waals surface area contributed by atoms with Gasteiger partial charge in [-0.1, -0.05) is 0 Å². The highest BCUT2D eigenvalue weighted by Crippen LogP contribution is 2.25. The van der Waals surface area contributed by atoms with E-state index in [9.17, 15) is 21.6 Å². The third-order valence-electron chi connectivity index (χ3n) is 1.14. The molecule has 0 saturated carbocycles. The van der Waals surface area contributed by atoms with Gasteiger partial charge in [-0.25, -0.2) is 0 Å². The highest BCUT2D eigenvalue weighted by atomic mass is 32.2. The molecule has 0 aromatic rings. The van der Waals surface area contributed by atoms with Crippen LogP contribution in [0.3, 0.4) is 0 Å². The van der Waals surface area contributed by atoms with E-state index in [2.05, 4.69) is 14.7 Å². The SMILES string of the molecule is O=S(=O)(OC1=NNCC1)C(F)(F)F. The van der Waals surface area contributed by atoms with Gasteiger partial charge in [0, 0.05) is 13.0 Å². The summed E-state index contributed by atoms with van der Waals surface area (Å²) in [4.78, 5) is 0. The van der Waals surface area contributed by atoms with Crippen LogP contribution in [0.15, 0.2) is 5.10 Å². The summed E-state index contributed by atoms with van der Waals surface area (Å²) in [5.41, 5.74) is -3.13. The molecule has 0 fully saturated rings. The standard InChI is InChI=1S/C4H5F3N2O3S/c5-4(6,7)13(10,11)12-3-1-2-8-9-3/h8H,1-2H2. The van der Waals surface area contributed by atoms with Crippen molar-refractivity contribution >= 4 is 16.0 Å². The minimum atomic E-state index is -5.55. The predicted octanol–water partition coefficient (Wildman–Crippen LogP) is 0.159. The van der Waals surface area contributed by atoms with E-state index >= 15 is 0 Å². The Morgan fingerprint density at radius 1 is 1.46 bits per heavy atom. The summed E-state index contributed by atoms with van der Waals surface area (Å²) in [6, 6.07) is 0. The first-order chi connectivity index (χ1) is 5.83. The maximum absolute atomic E-state index is 11.7. The van der Waals surface area contributed by atoms with E-state index in [0.29, 0.717) is 0 Å². The van der Waals surface area contributed by atoms with Crippen LogP contribution >= 0.6 is 0 Å². The van der Waals surface area contributed by atoms with Gasteiger partial charge in [0.2, 0.25) is 5.90 Å². The van der Waals surface area contributed by atoms with Crippen LogP contribution in [0.2, 0.25) is 0 Å². The summed E-state index contributed by atoms with van der Waals surface area (Å²) in [5, 5.41) is 3.20. The highest BCUT2D eigenvalue weighted by molar-refractivity contribution is 7.88. The normalized spacial score (nSPS) is 17.9. The molecule has 0 saturated heterocycles. The monoisotopic (exact) mass is 218 g/mol. The van der Waals surface area contributed by atoms with Crippen molar-refractivity contribution in [1.29, 1.82) is 0 Å². The summed E-state index contributed by atoms with van der Waals surface area (Å²) >= 11 is 0. The molecule has 1 aliphatic rings. The molecular weight excluding hydrogens is 213 g/mol. The zero-order chi connectivity index (χ0) is 10.1. The number of hydrogen-bond acceptors (Lipinski definition) is 5. The van der Waals surface area contributed by atoms with E-state index in [1.165, 1.54) is 0 Å². The minimum Gasteiger partial charge on any atom is -0.358 e. The number of rotatable bonds is 1. The van der Waals surface area contributed by atoms with Crippen molar-refractivity contribution in [2.24, 2.45) is 5.10 Å². The second-order valence-electron chi connectivity index (χ2n) is 2.15. The minimum absolute atomic E-state index is 0.0231. The van der Waals surface area contributed by atoms with Crippen molar-refractivity contribution in [3.8, 4) is 0 Å². The maximum Gasteiger partial charge on any atom is 0.534 e. The zero-order valence-corrected chi connectivity index (χ0v) is 6.94. The second kappa shape index (κ2) is 3.05. The lowest BCUT2D eigenvalue weighted by Crippen LogP contribution is -2.27. The van der Waals surface area contributed by atoms with Gasteiger partial charge in [-0.2, -0.15) is 21.6 Å². The number of halogens is 3. The van der Waals surface area contributed by atoms with Gasteiger partial charge >= 0.3 is 15.6 Å². The molecule has 0 atom stereocenters. The van der Waals surface area contributed by atoms with Crippen LogP contribution in [0.4, 0.5) is 13.2 Å². The molecule has 1 rings (SSSR count). The number of nitrogens with zero attached hydrogens (tertiary/aromatic N) is 1. The Morgan fingerprint density at radius 2 is 2.08 bits per heavy atom. The first-order valence-corrected chi connectivity index (χ1v) is 4.54. The van der Waals surface area contributed by atoms with Crippen molar-refractivity contribution in [2.45, 2.75) is 11.9 Å². The van der Waals surface area contributed by atoms with Gasteiger partial charge in [-0.05, 0) is 0 Å². The molecule has 76 valence electrons. The predicted molar refractivity (Wildman–Crippen MR) is 36.1 cm³/mol. The third-order valence-corrected chi connectivity index (χ3v) is 2.12. The summed E-state index contributed by atoms with van der Waals surface area (Å²) in [6.45, 7) is 0.267. The average molecular weight is 218 g/mol. The fourth-order valence-electron chi connectivity index (χ4n) is 0.597. The smallest absolute Gasteiger partial charge is 0.358 e. The molecule has 0 spiro atoms. The molecule has 0 unspecified atom stereocenters. The van der Waals surface area contributed by atoms with E-state index in [-0.39, 0.29) is 13.0 Å². The van der Waals surface area contributed by atoms with Gasteiger partial charge < -0.3 is 9.61 Å². The molecule has 13 heavy (non-hydrogen) atoms. The Kier molecular flexibility index (Phi) is 2.37. The molecule has 1 N–H and O–H groups in total. The fraction of sp³-hybridized carbons (Fsp3) is 0.750. The Hall–Kier alpha value is -0.990. The molecule has 9 heteroatoms. The lowest BCUT2D eigenvalue weighted by molar-refractivity contribution is -0.0505. The Labute approximate surface area is 71.7 Å². The van der Waals surface area contributed by atoms with Crippen molar-refractivity contribution in [1.82, 2.24) is 5.43 Å². The quantitative estimate of drug-likeness (QED) is 0.502. The first-order valence-electron chi connectivity index (χ1n) is 3.13. The molecule has 0 radical (unpaired) electrons. The number of hydrazone groups is 1. The average Bonchev–Trinajstić information content (AvgIpc) is 2.35.